The summed E-state index contributed by atoms with van der Waals surface area (Å²) in [6.45, 7) is 4.86. The number of nitrogens with zero attached hydrogens (tertiary/aromatic N) is 2. The van der Waals surface area contributed by atoms with Crippen molar-refractivity contribution in [2.24, 2.45) is 7.05 Å². The molecule has 0 aliphatic carbocycles. The highest BCUT2D eigenvalue weighted by Crippen LogP contribution is 1.89. The van der Waals surface area contributed by atoms with Crippen LogP contribution in [0.25, 0.3) is 0 Å². The van der Waals surface area contributed by atoms with Gasteiger partial charge in [0.25, 0.3) is 0 Å². The Morgan fingerprint density at radius 1 is 1.47 bits per heavy atom. The number of hydrogen-bond donors (Lipinski definition) is 2. The van der Waals surface area contributed by atoms with E-state index in [2.05, 4.69) is 5.32 Å². The fraction of sp³-hybridized carbons (Fsp3) is 0.700. The molecule has 1 unspecified atom stereocenters. The number of aryl methyl sites for hydroxylation is 1. The first kappa shape index (κ1) is 12.0. The maximum Gasteiger partial charge on any atom is 0.327 e. The van der Waals surface area contributed by atoms with Crippen LogP contribution in [0.4, 0.5) is 0 Å². The second kappa shape index (κ2) is 5.14. The third-order valence-electron chi connectivity index (χ3n) is 2.19. The lowest BCUT2D eigenvalue weighted by atomic mass is 10.3. The van der Waals surface area contributed by atoms with Gasteiger partial charge in [0.2, 0.25) is 0 Å². The van der Waals surface area contributed by atoms with Gasteiger partial charge in [0.05, 0.1) is 12.6 Å². The fourth-order valence-electron chi connectivity index (χ4n) is 1.31. The average Bonchev–Trinajstić information content (AvgIpc) is 2.47. The molecule has 0 bridgehead atoms. The van der Waals surface area contributed by atoms with Crippen molar-refractivity contribution in [1.29, 1.82) is 0 Å². The average molecular weight is 213 g/mol. The third kappa shape index (κ3) is 3.53. The first-order valence-corrected chi connectivity index (χ1v) is 5.14. The summed E-state index contributed by atoms with van der Waals surface area (Å²) in [5, 5.41) is 12.8. The molecule has 0 fully saturated rings. The Kier molecular flexibility index (Phi) is 4.11. The molecule has 0 aromatic carbocycles. The molecule has 1 aromatic rings. The summed E-state index contributed by atoms with van der Waals surface area (Å²) in [5.41, 5.74) is -0.0985. The number of imidazole rings is 1. The van der Waals surface area contributed by atoms with Gasteiger partial charge in [0.1, 0.15) is 0 Å². The molecule has 0 aliphatic rings. The van der Waals surface area contributed by atoms with E-state index < -0.39 is 6.10 Å². The largest absolute Gasteiger partial charge is 0.390 e. The molecule has 1 aromatic heterocycles. The lowest BCUT2D eigenvalue weighted by Crippen LogP contribution is -2.36. The summed E-state index contributed by atoms with van der Waals surface area (Å²) < 4.78 is 3.00. The Bertz CT molecular complexity index is 354. The molecule has 5 heteroatoms. The van der Waals surface area contributed by atoms with Gasteiger partial charge >= 0.3 is 5.69 Å². The molecule has 0 saturated carbocycles. The predicted octanol–water partition coefficient (Wildman–Crippen LogP) is -0.454. The Hall–Kier alpha value is -1.07. The molecule has 0 aliphatic heterocycles. The van der Waals surface area contributed by atoms with Crippen LogP contribution >= 0.6 is 0 Å². The maximum absolute atomic E-state index is 11.4. The van der Waals surface area contributed by atoms with Crippen molar-refractivity contribution in [3.05, 3.63) is 22.9 Å². The summed E-state index contributed by atoms with van der Waals surface area (Å²) in [7, 11) is 1.69. The Morgan fingerprint density at radius 3 is 2.60 bits per heavy atom. The molecule has 15 heavy (non-hydrogen) atoms. The highest BCUT2D eigenvalue weighted by Gasteiger charge is 2.08. The van der Waals surface area contributed by atoms with E-state index >= 15 is 0 Å². The van der Waals surface area contributed by atoms with Crippen molar-refractivity contribution in [1.82, 2.24) is 14.5 Å². The van der Waals surface area contributed by atoms with Crippen molar-refractivity contribution in [3.8, 4) is 0 Å². The van der Waals surface area contributed by atoms with Crippen LogP contribution in [0.1, 0.15) is 13.8 Å². The van der Waals surface area contributed by atoms with Crippen LogP contribution in [0, 0.1) is 0 Å². The zero-order valence-electron chi connectivity index (χ0n) is 9.47. The second-order valence-corrected chi connectivity index (χ2v) is 4.06. The van der Waals surface area contributed by atoms with E-state index in [4.69, 9.17) is 0 Å². The quantitative estimate of drug-likeness (QED) is 0.696. The molecular weight excluding hydrogens is 194 g/mol. The van der Waals surface area contributed by atoms with Gasteiger partial charge < -0.3 is 15.0 Å². The molecule has 1 rings (SSSR count). The van der Waals surface area contributed by atoms with E-state index in [-0.39, 0.29) is 5.69 Å². The zero-order chi connectivity index (χ0) is 11.4. The van der Waals surface area contributed by atoms with Crippen LogP contribution in [-0.4, -0.2) is 32.9 Å². The van der Waals surface area contributed by atoms with Crippen LogP contribution in [0.15, 0.2) is 17.2 Å². The van der Waals surface area contributed by atoms with E-state index in [1.54, 1.807) is 19.4 Å². The van der Waals surface area contributed by atoms with Crippen LogP contribution in [-0.2, 0) is 13.6 Å². The van der Waals surface area contributed by atoms with E-state index in [0.717, 1.165) is 0 Å². The molecule has 1 atom stereocenters. The van der Waals surface area contributed by atoms with E-state index in [1.807, 2.05) is 13.8 Å². The van der Waals surface area contributed by atoms with Gasteiger partial charge in [-0.15, -0.1) is 0 Å². The number of nitrogens with one attached hydrogen (secondary N) is 1. The standard InChI is InChI=1S/C10H19N3O2/c1-8(2)11-6-9(14)7-13-5-4-12(3)10(13)15/h4-5,8-9,11,14H,6-7H2,1-3H3. The molecule has 0 spiro atoms. The molecule has 1 heterocycles. The monoisotopic (exact) mass is 213 g/mol. The van der Waals surface area contributed by atoms with Crippen molar-refractivity contribution in [3.63, 3.8) is 0 Å². The number of rotatable bonds is 5. The highest BCUT2D eigenvalue weighted by atomic mass is 16.3. The van der Waals surface area contributed by atoms with E-state index in [1.165, 1.54) is 9.13 Å². The Morgan fingerprint density at radius 2 is 2.13 bits per heavy atom. The van der Waals surface area contributed by atoms with Crippen molar-refractivity contribution in [2.75, 3.05) is 6.54 Å². The van der Waals surface area contributed by atoms with Gasteiger partial charge in [-0.2, -0.15) is 0 Å². The number of aliphatic hydroxyl groups is 1. The van der Waals surface area contributed by atoms with E-state index in [9.17, 15) is 9.90 Å². The van der Waals surface area contributed by atoms with Gasteiger partial charge in [-0.05, 0) is 0 Å². The lowest BCUT2D eigenvalue weighted by molar-refractivity contribution is 0.147. The predicted molar refractivity (Wildman–Crippen MR) is 58.8 cm³/mol. The molecule has 0 radical (unpaired) electrons. The second-order valence-electron chi connectivity index (χ2n) is 4.06. The Balaban J connectivity index is 2.48. The van der Waals surface area contributed by atoms with Gasteiger partial charge in [0, 0.05) is 32.0 Å². The summed E-state index contributed by atoms with van der Waals surface area (Å²) in [4.78, 5) is 11.4. The highest BCUT2D eigenvalue weighted by molar-refractivity contribution is 4.81. The normalized spacial score (nSPS) is 13.4. The van der Waals surface area contributed by atoms with Gasteiger partial charge in [-0.3, -0.25) is 4.57 Å². The Labute approximate surface area is 89.3 Å². The molecule has 5 nitrogen and oxygen atoms in total. The minimum atomic E-state index is -0.535. The summed E-state index contributed by atoms with van der Waals surface area (Å²) in [5.74, 6) is 0. The fourth-order valence-corrected chi connectivity index (χ4v) is 1.31. The molecule has 0 saturated heterocycles. The molecule has 2 N–H and O–H groups in total. The number of aliphatic hydroxyl groups excluding tert-OH is 1. The lowest BCUT2D eigenvalue weighted by Gasteiger charge is -2.13. The first-order valence-electron chi connectivity index (χ1n) is 5.14. The third-order valence-corrected chi connectivity index (χ3v) is 2.19. The van der Waals surface area contributed by atoms with Crippen LogP contribution < -0.4 is 11.0 Å². The number of aromatic nitrogens is 2. The number of hydrogen-bond acceptors (Lipinski definition) is 3. The summed E-state index contributed by atoms with van der Waals surface area (Å²) in [6.07, 6.45) is 2.83. The maximum atomic E-state index is 11.4. The summed E-state index contributed by atoms with van der Waals surface area (Å²) >= 11 is 0. The minimum Gasteiger partial charge on any atom is -0.390 e. The van der Waals surface area contributed by atoms with Gasteiger partial charge in [-0.1, -0.05) is 13.8 Å². The SMILES string of the molecule is CC(C)NCC(O)Cn1ccn(C)c1=O. The van der Waals surface area contributed by atoms with E-state index in [0.29, 0.717) is 19.1 Å². The molecule has 0 amide bonds. The first-order chi connectivity index (χ1) is 7.00. The summed E-state index contributed by atoms with van der Waals surface area (Å²) in [6, 6.07) is 0.340. The zero-order valence-corrected chi connectivity index (χ0v) is 9.47. The van der Waals surface area contributed by atoms with Crippen molar-refractivity contribution >= 4 is 0 Å². The van der Waals surface area contributed by atoms with Crippen molar-refractivity contribution in [2.45, 2.75) is 32.5 Å². The van der Waals surface area contributed by atoms with Gasteiger partial charge in [-0.25, -0.2) is 4.79 Å². The van der Waals surface area contributed by atoms with Crippen molar-refractivity contribution < 1.29 is 5.11 Å². The topological polar surface area (TPSA) is 59.2 Å². The van der Waals surface area contributed by atoms with Crippen LogP contribution in [0.2, 0.25) is 0 Å². The van der Waals surface area contributed by atoms with Crippen LogP contribution in [0.5, 0.6) is 0 Å². The minimum absolute atomic E-state index is 0.0985. The molecular formula is C10H19N3O2. The van der Waals surface area contributed by atoms with Crippen LogP contribution in [0.3, 0.4) is 0 Å². The van der Waals surface area contributed by atoms with Gasteiger partial charge in [0.15, 0.2) is 0 Å². The smallest absolute Gasteiger partial charge is 0.327 e. The molecule has 86 valence electrons.